The number of amides is 1. The fraction of sp³-hybridized carbons (Fsp3) is 0.381. The molecular weight excluding hydrogens is 388 g/mol. The first-order valence-electron chi connectivity index (χ1n) is 9.90. The number of carbonyl (C=O) groups is 1. The second-order valence-electron chi connectivity index (χ2n) is 7.62. The standard InChI is InChI=1S/C21H27ClN6O/c1-14-3-4-15(2)18(13-14)27-9-11-28(12-10-27)21(29)19-20(25-26-24-19)23-17-7-5-16(22)6-8-17/h3-8,13,19-20,23-26H,9-12H2,1-2H3. The minimum absolute atomic E-state index is 0.0783. The van der Waals surface area contributed by atoms with Crippen LogP contribution in [0.1, 0.15) is 11.1 Å². The van der Waals surface area contributed by atoms with Crippen molar-refractivity contribution in [2.75, 3.05) is 36.4 Å². The van der Waals surface area contributed by atoms with Crippen molar-refractivity contribution in [1.82, 2.24) is 21.3 Å². The molecule has 154 valence electrons. The highest BCUT2D eigenvalue weighted by Gasteiger charge is 2.36. The summed E-state index contributed by atoms with van der Waals surface area (Å²) in [5.41, 5.74) is 13.7. The topological polar surface area (TPSA) is 71.7 Å². The minimum atomic E-state index is -0.405. The van der Waals surface area contributed by atoms with Gasteiger partial charge in [-0.2, -0.15) is 5.53 Å². The minimum Gasteiger partial charge on any atom is -0.368 e. The van der Waals surface area contributed by atoms with Gasteiger partial charge in [0, 0.05) is 42.6 Å². The van der Waals surface area contributed by atoms with E-state index < -0.39 is 6.04 Å². The van der Waals surface area contributed by atoms with Gasteiger partial charge in [-0.3, -0.25) is 4.79 Å². The van der Waals surface area contributed by atoms with Gasteiger partial charge in [0.2, 0.25) is 5.91 Å². The first-order valence-corrected chi connectivity index (χ1v) is 10.3. The van der Waals surface area contributed by atoms with Gasteiger partial charge in [0.05, 0.1) is 0 Å². The largest absolute Gasteiger partial charge is 0.368 e. The Labute approximate surface area is 176 Å². The Kier molecular flexibility index (Phi) is 5.91. The van der Waals surface area contributed by atoms with E-state index in [2.05, 4.69) is 58.6 Å². The Balaban J connectivity index is 1.37. The lowest BCUT2D eigenvalue weighted by atomic mass is 10.1. The summed E-state index contributed by atoms with van der Waals surface area (Å²) in [4.78, 5) is 17.4. The Morgan fingerprint density at radius 2 is 1.76 bits per heavy atom. The van der Waals surface area contributed by atoms with Crippen LogP contribution in [0.5, 0.6) is 0 Å². The maximum Gasteiger partial charge on any atom is 0.244 e. The highest BCUT2D eigenvalue weighted by atomic mass is 35.5. The highest BCUT2D eigenvalue weighted by Crippen LogP contribution is 2.23. The van der Waals surface area contributed by atoms with E-state index in [1.165, 1.54) is 16.8 Å². The summed E-state index contributed by atoms with van der Waals surface area (Å²) in [5.74, 6) is 0.0783. The van der Waals surface area contributed by atoms with Crippen molar-refractivity contribution in [3.63, 3.8) is 0 Å². The molecule has 2 aliphatic rings. The van der Waals surface area contributed by atoms with Crippen LogP contribution in [0.25, 0.3) is 0 Å². The van der Waals surface area contributed by atoms with Crippen LogP contribution in [-0.2, 0) is 4.79 Å². The smallest absolute Gasteiger partial charge is 0.244 e. The second-order valence-corrected chi connectivity index (χ2v) is 8.06. The Bertz CT molecular complexity index is 866. The summed E-state index contributed by atoms with van der Waals surface area (Å²) in [6, 6.07) is 13.6. The van der Waals surface area contributed by atoms with Gasteiger partial charge in [-0.05, 0) is 55.3 Å². The van der Waals surface area contributed by atoms with Crippen LogP contribution in [0.15, 0.2) is 42.5 Å². The maximum absolute atomic E-state index is 13.1. The van der Waals surface area contributed by atoms with Crippen LogP contribution in [0, 0.1) is 13.8 Å². The van der Waals surface area contributed by atoms with Crippen LogP contribution in [0.3, 0.4) is 0 Å². The van der Waals surface area contributed by atoms with Crippen molar-refractivity contribution in [2.24, 2.45) is 0 Å². The van der Waals surface area contributed by atoms with Gasteiger partial charge in [-0.25, -0.2) is 10.9 Å². The van der Waals surface area contributed by atoms with E-state index in [4.69, 9.17) is 11.6 Å². The molecule has 2 heterocycles. The molecule has 2 fully saturated rings. The lowest BCUT2D eigenvalue weighted by molar-refractivity contribution is -0.133. The van der Waals surface area contributed by atoms with Crippen LogP contribution in [0.4, 0.5) is 11.4 Å². The number of halogens is 1. The zero-order valence-electron chi connectivity index (χ0n) is 16.7. The lowest BCUT2D eigenvalue weighted by Gasteiger charge is -2.38. The molecule has 2 saturated heterocycles. The van der Waals surface area contributed by atoms with E-state index in [-0.39, 0.29) is 12.1 Å². The zero-order chi connectivity index (χ0) is 20.4. The first-order chi connectivity index (χ1) is 14.0. The number of piperazine rings is 1. The number of aryl methyl sites for hydroxylation is 2. The van der Waals surface area contributed by atoms with E-state index >= 15 is 0 Å². The molecule has 4 rings (SSSR count). The predicted molar refractivity (Wildman–Crippen MR) is 117 cm³/mol. The van der Waals surface area contributed by atoms with Crippen molar-refractivity contribution in [1.29, 1.82) is 0 Å². The molecule has 0 radical (unpaired) electrons. The summed E-state index contributed by atoms with van der Waals surface area (Å²) in [5, 5.41) is 4.01. The van der Waals surface area contributed by atoms with Crippen LogP contribution < -0.4 is 26.6 Å². The Hall–Kier alpha value is -2.32. The fourth-order valence-electron chi connectivity index (χ4n) is 3.84. The van der Waals surface area contributed by atoms with Crippen molar-refractivity contribution in [3.8, 4) is 0 Å². The number of hydrazine groups is 2. The van der Waals surface area contributed by atoms with Crippen LogP contribution in [0.2, 0.25) is 5.02 Å². The molecule has 29 heavy (non-hydrogen) atoms. The number of anilines is 2. The van der Waals surface area contributed by atoms with Gasteiger partial charge in [0.15, 0.2) is 0 Å². The monoisotopic (exact) mass is 414 g/mol. The second kappa shape index (κ2) is 8.59. The molecular formula is C21H27ClN6O. The molecule has 2 aromatic carbocycles. The van der Waals surface area contributed by atoms with Crippen molar-refractivity contribution in [2.45, 2.75) is 26.1 Å². The number of hydrogen-bond acceptors (Lipinski definition) is 6. The van der Waals surface area contributed by atoms with Gasteiger partial charge >= 0.3 is 0 Å². The maximum atomic E-state index is 13.1. The average molecular weight is 415 g/mol. The van der Waals surface area contributed by atoms with E-state index in [1.807, 2.05) is 29.2 Å². The van der Waals surface area contributed by atoms with Gasteiger partial charge in [0.25, 0.3) is 0 Å². The zero-order valence-corrected chi connectivity index (χ0v) is 17.5. The first kappa shape index (κ1) is 20.0. The average Bonchev–Trinajstić information content (AvgIpc) is 3.19. The number of rotatable bonds is 4. The van der Waals surface area contributed by atoms with Crippen molar-refractivity contribution in [3.05, 3.63) is 58.6 Å². The molecule has 2 aromatic rings. The number of hydrogen-bond donors (Lipinski definition) is 4. The van der Waals surface area contributed by atoms with E-state index in [0.717, 1.165) is 18.8 Å². The fourth-order valence-corrected chi connectivity index (χ4v) is 3.96. The molecule has 1 amide bonds. The molecule has 7 nitrogen and oxygen atoms in total. The quantitative estimate of drug-likeness (QED) is 0.613. The van der Waals surface area contributed by atoms with Crippen LogP contribution in [-0.4, -0.2) is 49.2 Å². The number of nitrogens with zero attached hydrogens (tertiary/aromatic N) is 2. The summed E-state index contributed by atoms with van der Waals surface area (Å²) in [6.07, 6.45) is -0.263. The molecule has 8 heteroatoms. The third-order valence-electron chi connectivity index (χ3n) is 5.52. The Morgan fingerprint density at radius 1 is 1.03 bits per heavy atom. The summed E-state index contributed by atoms with van der Waals surface area (Å²) in [7, 11) is 0. The normalized spacial score (nSPS) is 22.0. The molecule has 0 spiro atoms. The predicted octanol–water partition coefficient (Wildman–Crippen LogP) is 2.02. The number of benzene rings is 2. The molecule has 4 N–H and O–H groups in total. The summed E-state index contributed by atoms with van der Waals surface area (Å²) >= 11 is 5.95. The molecule has 2 atom stereocenters. The number of carbonyl (C=O) groups excluding carboxylic acids is 1. The third-order valence-corrected chi connectivity index (χ3v) is 5.77. The van der Waals surface area contributed by atoms with Gasteiger partial charge in [-0.1, -0.05) is 23.7 Å². The SMILES string of the molecule is Cc1ccc(C)c(N2CCN(C(=O)C3NNNC3Nc3ccc(Cl)cc3)CC2)c1. The van der Waals surface area contributed by atoms with Gasteiger partial charge in [-0.15, -0.1) is 0 Å². The lowest BCUT2D eigenvalue weighted by Crippen LogP contribution is -2.57. The summed E-state index contributed by atoms with van der Waals surface area (Å²) in [6.45, 7) is 7.33. The highest BCUT2D eigenvalue weighted by molar-refractivity contribution is 6.30. The molecule has 0 aromatic heterocycles. The Morgan fingerprint density at radius 3 is 2.48 bits per heavy atom. The van der Waals surface area contributed by atoms with E-state index in [9.17, 15) is 4.79 Å². The third kappa shape index (κ3) is 4.48. The van der Waals surface area contributed by atoms with Crippen molar-refractivity contribution >= 4 is 28.9 Å². The molecule has 0 saturated carbocycles. The molecule has 2 unspecified atom stereocenters. The van der Waals surface area contributed by atoms with Gasteiger partial charge in [0.1, 0.15) is 12.2 Å². The number of nitrogens with one attached hydrogen (secondary N) is 4. The molecule has 0 bridgehead atoms. The van der Waals surface area contributed by atoms with E-state index in [1.54, 1.807) is 0 Å². The molecule has 2 aliphatic heterocycles. The summed E-state index contributed by atoms with van der Waals surface area (Å²) < 4.78 is 0. The van der Waals surface area contributed by atoms with Crippen molar-refractivity contribution < 1.29 is 4.79 Å². The van der Waals surface area contributed by atoms with E-state index in [0.29, 0.717) is 18.1 Å². The molecule has 0 aliphatic carbocycles. The van der Waals surface area contributed by atoms with Crippen LogP contribution >= 0.6 is 11.6 Å². The van der Waals surface area contributed by atoms with Gasteiger partial charge < -0.3 is 15.1 Å².